The largest absolute Gasteiger partial charge is 0.490 e. The molecular formula is C60H93NO3. The van der Waals surface area contributed by atoms with Gasteiger partial charge in [0.15, 0.2) is 11.5 Å². The molecule has 4 heteroatoms. The number of fused-ring (bicyclic) bond motifs is 3. The van der Waals surface area contributed by atoms with Crippen molar-refractivity contribution in [1.29, 1.82) is 0 Å². The third-order valence-electron chi connectivity index (χ3n) is 13.4. The maximum absolute atomic E-state index is 6.76. The van der Waals surface area contributed by atoms with Gasteiger partial charge in [0.1, 0.15) is 0 Å². The smallest absolute Gasteiger partial charge is 0.203 e. The molecule has 0 saturated carbocycles. The number of unbranched alkanes of at least 4 members (excludes halogenated alkanes) is 30. The Kier molecular flexibility index (Phi) is 28.8. The molecule has 0 spiro atoms. The summed E-state index contributed by atoms with van der Waals surface area (Å²) in [5.41, 5.74) is 4.46. The Hall–Kier alpha value is -3.58. The number of terminal acetylenes is 1. The molecule has 1 aromatic heterocycles. The molecule has 0 fully saturated rings. The minimum Gasteiger partial charge on any atom is -0.490 e. The quantitative estimate of drug-likeness (QED) is 0.0329. The van der Waals surface area contributed by atoms with E-state index in [1.165, 1.54) is 214 Å². The minimum atomic E-state index is 0.685. The molecule has 1 heterocycles. The predicted octanol–water partition coefficient (Wildman–Crippen LogP) is 18.9. The number of hydrogen-bond acceptors (Lipinski definition) is 3. The highest BCUT2D eigenvalue weighted by Crippen LogP contribution is 2.41. The molecule has 0 bridgehead atoms. The van der Waals surface area contributed by atoms with E-state index in [1.54, 1.807) is 0 Å². The van der Waals surface area contributed by atoms with Gasteiger partial charge in [-0.1, -0.05) is 238 Å². The van der Waals surface area contributed by atoms with Crippen LogP contribution in [-0.4, -0.2) is 24.4 Å². The van der Waals surface area contributed by atoms with Crippen LogP contribution in [0.25, 0.3) is 21.8 Å². The highest BCUT2D eigenvalue weighted by Gasteiger charge is 2.19. The average Bonchev–Trinajstić information content (AvgIpc) is 3.62. The summed E-state index contributed by atoms with van der Waals surface area (Å²) in [6.45, 7) is 9.66. The first-order chi connectivity index (χ1) is 31.7. The fraction of sp³-hybridized carbons (Fsp3) is 0.667. The Balaban J connectivity index is 1.44. The summed E-state index contributed by atoms with van der Waals surface area (Å²) >= 11 is 0. The molecule has 64 heavy (non-hydrogen) atoms. The van der Waals surface area contributed by atoms with Crippen LogP contribution in [0.4, 0.5) is 0 Å². The van der Waals surface area contributed by atoms with Gasteiger partial charge in [0.05, 0.1) is 19.8 Å². The first-order valence-electron chi connectivity index (χ1n) is 27.2. The molecule has 0 unspecified atom stereocenters. The van der Waals surface area contributed by atoms with Crippen LogP contribution in [0, 0.1) is 12.3 Å². The van der Waals surface area contributed by atoms with Crippen molar-refractivity contribution in [2.75, 3.05) is 19.8 Å². The van der Waals surface area contributed by atoms with Crippen molar-refractivity contribution in [3.63, 3.8) is 0 Å². The third kappa shape index (κ3) is 20.7. The van der Waals surface area contributed by atoms with Crippen molar-refractivity contribution in [3.05, 3.63) is 65.7 Å². The van der Waals surface area contributed by atoms with Crippen LogP contribution in [0.2, 0.25) is 0 Å². The van der Waals surface area contributed by atoms with Crippen LogP contribution in [0.15, 0.2) is 54.6 Å². The molecule has 4 rings (SSSR count). The number of para-hydroxylation sites is 1. The molecule has 4 nitrogen and oxygen atoms in total. The van der Waals surface area contributed by atoms with Gasteiger partial charge in [0.2, 0.25) is 5.75 Å². The Labute approximate surface area is 393 Å². The van der Waals surface area contributed by atoms with E-state index in [-0.39, 0.29) is 0 Å². The van der Waals surface area contributed by atoms with Crippen molar-refractivity contribution in [1.82, 2.24) is 4.57 Å². The van der Waals surface area contributed by atoms with E-state index in [4.69, 9.17) is 20.6 Å². The van der Waals surface area contributed by atoms with E-state index < -0.39 is 0 Å². The summed E-state index contributed by atoms with van der Waals surface area (Å²) in [5.74, 6) is 5.31. The van der Waals surface area contributed by atoms with Gasteiger partial charge in [-0.15, -0.1) is 6.42 Å². The van der Waals surface area contributed by atoms with Crippen LogP contribution in [-0.2, 0) is 6.54 Å². The lowest BCUT2D eigenvalue weighted by Gasteiger charge is -2.20. The predicted molar refractivity (Wildman–Crippen MR) is 279 cm³/mol. The molecule has 0 aliphatic carbocycles. The second-order valence-electron chi connectivity index (χ2n) is 19.1. The van der Waals surface area contributed by atoms with Gasteiger partial charge >= 0.3 is 0 Å². The van der Waals surface area contributed by atoms with Crippen molar-refractivity contribution < 1.29 is 14.2 Å². The minimum absolute atomic E-state index is 0.685. The molecule has 0 aliphatic heterocycles. The first-order valence-corrected chi connectivity index (χ1v) is 27.2. The first kappa shape index (κ1) is 53.0. The lowest BCUT2D eigenvalue weighted by Crippen LogP contribution is -2.08. The highest BCUT2D eigenvalue weighted by molar-refractivity contribution is 6.08. The van der Waals surface area contributed by atoms with E-state index in [1.807, 2.05) is 0 Å². The van der Waals surface area contributed by atoms with Crippen LogP contribution in [0.3, 0.4) is 0 Å². The van der Waals surface area contributed by atoms with Crippen LogP contribution >= 0.6 is 0 Å². The molecule has 0 N–H and O–H groups in total. The molecule has 0 aliphatic rings. The van der Waals surface area contributed by atoms with Crippen LogP contribution < -0.4 is 14.2 Å². The monoisotopic (exact) mass is 876 g/mol. The van der Waals surface area contributed by atoms with E-state index >= 15 is 0 Å². The summed E-state index contributed by atoms with van der Waals surface area (Å²) in [7, 11) is 0. The Morgan fingerprint density at radius 2 is 0.781 bits per heavy atom. The molecular weight excluding hydrogens is 783 g/mol. The second-order valence-corrected chi connectivity index (χ2v) is 19.1. The summed E-state index contributed by atoms with van der Waals surface area (Å²) in [5, 5.41) is 2.42. The van der Waals surface area contributed by atoms with E-state index in [2.05, 4.69) is 85.9 Å². The standard InChI is InChI=1S/C60H93NO3/c1-5-9-12-15-18-21-24-27-30-33-38-45-62-58-49-53(51-61-56-42-37-36-41-54(56)55-48-52(8-4)43-44-57(55)61)50-59(63-46-39-34-31-28-25-22-19-16-13-10-6-2)60(58)64-47-40-35-32-29-26-23-20-17-14-11-7-3/h4,36-37,41-44,48-50H,5-7,9-35,38-40,45-47,51H2,1-3H3. The maximum atomic E-state index is 6.76. The van der Waals surface area contributed by atoms with Crippen molar-refractivity contribution in [2.45, 2.75) is 239 Å². The van der Waals surface area contributed by atoms with E-state index in [0.29, 0.717) is 26.4 Å². The number of nitrogens with zero attached hydrogens (tertiary/aromatic N) is 1. The second kappa shape index (κ2) is 34.7. The van der Waals surface area contributed by atoms with Crippen molar-refractivity contribution >= 4 is 21.8 Å². The summed E-state index contributed by atoms with van der Waals surface area (Å²) in [4.78, 5) is 0. The lowest BCUT2D eigenvalue weighted by molar-refractivity contribution is 0.234. The van der Waals surface area contributed by atoms with Crippen molar-refractivity contribution in [3.8, 4) is 29.6 Å². The maximum Gasteiger partial charge on any atom is 0.203 e. The van der Waals surface area contributed by atoms with Gasteiger partial charge in [-0.3, -0.25) is 0 Å². The SMILES string of the molecule is C#Cc1ccc2c(c1)c1ccccc1n2Cc1cc(OCCCCCCCCCCCCC)c(OCCCCCCCCCCCCC)c(OCCCCCCCCCCCCC)c1. The zero-order chi connectivity index (χ0) is 45.1. The Bertz CT molecular complexity index is 1770. The summed E-state index contributed by atoms with van der Waals surface area (Å²) < 4.78 is 22.7. The number of benzene rings is 3. The van der Waals surface area contributed by atoms with Gasteiger partial charge in [-0.05, 0) is 61.2 Å². The van der Waals surface area contributed by atoms with Gasteiger partial charge in [0.25, 0.3) is 0 Å². The topological polar surface area (TPSA) is 32.6 Å². The fourth-order valence-electron chi connectivity index (χ4n) is 9.41. The zero-order valence-corrected chi connectivity index (χ0v) is 41.6. The molecule has 4 aromatic rings. The van der Waals surface area contributed by atoms with Crippen LogP contribution in [0.5, 0.6) is 17.2 Å². The average molecular weight is 876 g/mol. The number of aromatic nitrogens is 1. The lowest BCUT2D eigenvalue weighted by atomic mass is 10.1. The van der Waals surface area contributed by atoms with Gasteiger partial charge < -0.3 is 18.8 Å². The molecule has 0 radical (unpaired) electrons. The highest BCUT2D eigenvalue weighted by atomic mass is 16.5. The number of hydrogen-bond donors (Lipinski definition) is 0. The zero-order valence-electron chi connectivity index (χ0n) is 41.6. The third-order valence-corrected chi connectivity index (χ3v) is 13.4. The molecule has 0 atom stereocenters. The van der Waals surface area contributed by atoms with E-state index in [9.17, 15) is 0 Å². The Morgan fingerprint density at radius 1 is 0.406 bits per heavy atom. The molecule has 356 valence electrons. The molecule has 3 aromatic carbocycles. The van der Waals surface area contributed by atoms with Crippen molar-refractivity contribution in [2.24, 2.45) is 0 Å². The fourth-order valence-corrected chi connectivity index (χ4v) is 9.41. The van der Waals surface area contributed by atoms with Gasteiger partial charge in [-0.2, -0.15) is 0 Å². The molecule has 0 saturated heterocycles. The number of ether oxygens (including phenoxy) is 3. The Morgan fingerprint density at radius 3 is 1.20 bits per heavy atom. The van der Waals surface area contributed by atoms with Crippen LogP contribution in [0.1, 0.15) is 244 Å². The summed E-state index contributed by atoms with van der Waals surface area (Å²) in [6.07, 6.45) is 49.4. The van der Waals surface area contributed by atoms with Gasteiger partial charge in [0, 0.05) is 33.9 Å². The van der Waals surface area contributed by atoms with Gasteiger partial charge in [-0.25, -0.2) is 0 Å². The normalized spacial score (nSPS) is 11.5. The van der Waals surface area contributed by atoms with E-state index in [0.717, 1.165) is 47.6 Å². The number of rotatable bonds is 41. The molecule has 0 amide bonds. The summed E-state index contributed by atoms with van der Waals surface area (Å²) in [6, 6.07) is 19.6.